The van der Waals surface area contributed by atoms with Crippen LogP contribution < -0.4 is 15.2 Å². The number of hydrogen-bond acceptors (Lipinski definition) is 5. The number of pyridine rings is 1. The molecule has 176 valence electrons. The molecule has 1 heterocycles. The highest BCUT2D eigenvalue weighted by molar-refractivity contribution is 5.73. The van der Waals surface area contributed by atoms with Gasteiger partial charge in [-0.05, 0) is 35.9 Å². The second-order valence-electron chi connectivity index (χ2n) is 6.20. The number of para-hydroxylation sites is 1. The second kappa shape index (κ2) is 10.7. The summed E-state index contributed by atoms with van der Waals surface area (Å²) in [6.07, 6.45) is -9.67. The third-order valence-corrected chi connectivity index (χ3v) is 3.64. The molecule has 3 N–H and O–H groups in total. The van der Waals surface area contributed by atoms with Crippen LogP contribution in [0.1, 0.15) is 11.3 Å². The monoisotopic (exact) mass is 474 g/mol. The third-order valence-electron chi connectivity index (χ3n) is 3.64. The average molecular weight is 474 g/mol. The summed E-state index contributed by atoms with van der Waals surface area (Å²) in [6.45, 7) is -0.0564. The molecule has 6 nitrogen and oxygen atoms in total. The van der Waals surface area contributed by atoms with Crippen molar-refractivity contribution >= 4 is 5.97 Å². The molecule has 1 aromatic heterocycles. The van der Waals surface area contributed by atoms with E-state index < -0.39 is 24.0 Å². The van der Waals surface area contributed by atoms with Crippen molar-refractivity contribution in [2.75, 3.05) is 0 Å². The quantitative estimate of drug-likeness (QED) is 0.456. The number of nitrogens with zero attached hydrogens (tertiary/aromatic N) is 1. The molecule has 0 atom stereocenters. The van der Waals surface area contributed by atoms with Crippen molar-refractivity contribution in [1.29, 1.82) is 0 Å². The summed E-state index contributed by atoms with van der Waals surface area (Å²) < 4.78 is 81.8. The van der Waals surface area contributed by atoms with Crippen LogP contribution in [0.2, 0.25) is 0 Å². The van der Waals surface area contributed by atoms with E-state index >= 15 is 0 Å². The molecule has 0 bridgehead atoms. The predicted octanol–water partition coefficient (Wildman–Crippen LogP) is 5.78. The number of alkyl halides is 6. The van der Waals surface area contributed by atoms with E-state index in [0.29, 0.717) is 17.2 Å². The number of aromatic nitrogens is 1. The first-order valence-electron chi connectivity index (χ1n) is 8.97. The highest BCUT2D eigenvalue weighted by Gasteiger charge is 2.38. The maximum absolute atomic E-state index is 13.0. The van der Waals surface area contributed by atoms with Crippen LogP contribution >= 0.6 is 0 Å². The summed E-state index contributed by atoms with van der Waals surface area (Å²) >= 11 is 0. The molecule has 12 heteroatoms. The van der Waals surface area contributed by atoms with Gasteiger partial charge in [0.1, 0.15) is 22.9 Å². The molecule has 3 rings (SSSR count). The largest absolute Gasteiger partial charge is 0.490 e. The number of hydrogen-bond donors (Lipinski definition) is 2. The molecule has 3 aromatic rings. The Morgan fingerprint density at radius 1 is 0.848 bits per heavy atom. The molecule has 2 aromatic carbocycles. The Labute approximate surface area is 183 Å². The van der Waals surface area contributed by atoms with Crippen molar-refractivity contribution in [2.45, 2.75) is 18.9 Å². The first kappa shape index (κ1) is 25.5. The topological polar surface area (TPSA) is 94.7 Å². The van der Waals surface area contributed by atoms with Crippen molar-refractivity contribution < 1.29 is 45.7 Å². The molecular weight excluding hydrogens is 458 g/mol. The lowest BCUT2D eigenvalue weighted by Gasteiger charge is -2.12. The molecule has 0 aliphatic rings. The number of carbonyl (C=O) groups is 1. The zero-order valence-electron chi connectivity index (χ0n) is 16.5. The van der Waals surface area contributed by atoms with Crippen molar-refractivity contribution in [1.82, 2.24) is 4.98 Å². The van der Waals surface area contributed by atoms with Crippen molar-refractivity contribution in [3.05, 3.63) is 78.0 Å². The molecule has 0 radical (unpaired) electrons. The highest BCUT2D eigenvalue weighted by Crippen LogP contribution is 2.32. The Hall–Kier alpha value is -3.80. The van der Waals surface area contributed by atoms with Gasteiger partial charge in [-0.25, -0.2) is 9.78 Å². The minimum Gasteiger partial charge on any atom is -0.475 e. The van der Waals surface area contributed by atoms with Crippen LogP contribution in [0.3, 0.4) is 0 Å². The number of ether oxygens (including phenoxy) is 2. The first-order valence-corrected chi connectivity index (χ1v) is 8.97. The summed E-state index contributed by atoms with van der Waals surface area (Å²) in [4.78, 5) is 12.4. The molecule has 0 spiro atoms. The minimum absolute atomic E-state index is 0.0564. The van der Waals surface area contributed by atoms with Crippen molar-refractivity contribution in [3.8, 4) is 23.1 Å². The fourth-order valence-corrected chi connectivity index (χ4v) is 2.22. The van der Waals surface area contributed by atoms with Crippen LogP contribution in [0, 0.1) is 0 Å². The predicted molar refractivity (Wildman–Crippen MR) is 104 cm³/mol. The average Bonchev–Trinajstić information content (AvgIpc) is 2.73. The smallest absolute Gasteiger partial charge is 0.475 e. The van der Waals surface area contributed by atoms with Crippen LogP contribution in [0.5, 0.6) is 23.1 Å². The lowest BCUT2D eigenvalue weighted by atomic mass is 10.2. The summed E-state index contributed by atoms with van der Waals surface area (Å²) in [5.74, 6) is -1.52. The SMILES string of the molecule is NCc1cc(Oc2cccc(Oc3ccccc3)c2)nc(C(F)(F)F)c1.O=C(O)C(F)(F)F. The van der Waals surface area contributed by atoms with Gasteiger partial charge >= 0.3 is 18.3 Å². The molecule has 0 amide bonds. The first-order chi connectivity index (χ1) is 15.4. The van der Waals surface area contributed by atoms with Gasteiger partial charge < -0.3 is 20.3 Å². The Balaban J connectivity index is 0.000000479. The number of rotatable bonds is 5. The standard InChI is InChI=1S/C19H15F3N2O2.C2HF3O2/c20-19(21,22)17-9-13(12-23)10-18(24-17)26-16-8-4-7-15(11-16)25-14-5-2-1-3-6-14;3-2(4,5)1(6)7/h1-11H,12,23H2;(H,6,7). The van der Waals surface area contributed by atoms with E-state index in [2.05, 4.69) is 4.98 Å². The number of halogens is 6. The van der Waals surface area contributed by atoms with E-state index in [1.165, 1.54) is 6.07 Å². The Kier molecular flexibility index (Phi) is 8.24. The summed E-state index contributed by atoms with van der Waals surface area (Å²) in [6, 6.07) is 17.9. The summed E-state index contributed by atoms with van der Waals surface area (Å²) in [5, 5.41) is 7.12. The van der Waals surface area contributed by atoms with Gasteiger partial charge in [0.15, 0.2) is 0 Å². The maximum Gasteiger partial charge on any atom is 0.490 e. The minimum atomic E-state index is -5.08. The summed E-state index contributed by atoms with van der Waals surface area (Å²) in [5.41, 5.74) is 4.69. The summed E-state index contributed by atoms with van der Waals surface area (Å²) in [7, 11) is 0. The van der Waals surface area contributed by atoms with E-state index in [0.717, 1.165) is 6.07 Å². The van der Waals surface area contributed by atoms with Gasteiger partial charge in [0, 0.05) is 18.7 Å². The number of benzene rings is 2. The fourth-order valence-electron chi connectivity index (χ4n) is 2.22. The van der Waals surface area contributed by atoms with Gasteiger partial charge in [0.05, 0.1) is 0 Å². The van der Waals surface area contributed by atoms with E-state index in [9.17, 15) is 26.3 Å². The van der Waals surface area contributed by atoms with Crippen molar-refractivity contribution in [3.63, 3.8) is 0 Å². The molecule has 0 aliphatic carbocycles. The number of aliphatic carboxylic acids is 1. The molecule has 0 saturated heterocycles. The number of nitrogens with two attached hydrogens (primary N) is 1. The van der Waals surface area contributed by atoms with Gasteiger partial charge in [0.2, 0.25) is 5.88 Å². The van der Waals surface area contributed by atoms with E-state index in [1.54, 1.807) is 36.4 Å². The fraction of sp³-hybridized carbons (Fsp3) is 0.143. The van der Waals surface area contributed by atoms with Crippen LogP contribution in [0.25, 0.3) is 0 Å². The lowest BCUT2D eigenvalue weighted by molar-refractivity contribution is -0.192. The molecular formula is C21H16F6N2O4. The van der Waals surface area contributed by atoms with E-state index in [4.69, 9.17) is 25.1 Å². The third kappa shape index (κ3) is 8.33. The van der Waals surface area contributed by atoms with Crippen LogP contribution in [0.15, 0.2) is 66.7 Å². The van der Waals surface area contributed by atoms with Gasteiger partial charge in [0.25, 0.3) is 0 Å². The Bertz CT molecular complexity index is 1070. The van der Waals surface area contributed by atoms with Crippen molar-refractivity contribution in [2.24, 2.45) is 5.73 Å². The van der Waals surface area contributed by atoms with Crippen LogP contribution in [-0.4, -0.2) is 22.2 Å². The van der Waals surface area contributed by atoms with Gasteiger partial charge in [-0.2, -0.15) is 26.3 Å². The number of carboxylic acids is 1. The van der Waals surface area contributed by atoms with E-state index in [-0.39, 0.29) is 18.0 Å². The van der Waals surface area contributed by atoms with E-state index in [1.807, 2.05) is 18.2 Å². The lowest BCUT2D eigenvalue weighted by Crippen LogP contribution is -2.21. The molecule has 0 aliphatic heterocycles. The zero-order chi connectivity index (χ0) is 24.6. The molecule has 0 fully saturated rings. The van der Waals surface area contributed by atoms with Gasteiger partial charge in [-0.1, -0.05) is 24.3 Å². The zero-order valence-corrected chi connectivity index (χ0v) is 16.5. The second-order valence-corrected chi connectivity index (χ2v) is 6.20. The van der Waals surface area contributed by atoms with Crippen LogP contribution in [0.4, 0.5) is 26.3 Å². The molecule has 0 unspecified atom stereocenters. The number of carboxylic acid groups (broad SMARTS) is 1. The van der Waals surface area contributed by atoms with Gasteiger partial charge in [-0.3, -0.25) is 0 Å². The normalized spacial score (nSPS) is 11.2. The maximum atomic E-state index is 13.0. The van der Waals surface area contributed by atoms with Gasteiger partial charge in [-0.15, -0.1) is 0 Å². The highest BCUT2D eigenvalue weighted by atomic mass is 19.4. The molecule has 33 heavy (non-hydrogen) atoms. The Morgan fingerprint density at radius 3 is 1.91 bits per heavy atom. The van der Waals surface area contributed by atoms with Crippen LogP contribution in [-0.2, 0) is 17.5 Å². The molecule has 0 saturated carbocycles. The Morgan fingerprint density at radius 2 is 1.39 bits per heavy atom.